The van der Waals surface area contributed by atoms with E-state index in [1.807, 2.05) is 6.92 Å². The van der Waals surface area contributed by atoms with Crippen LogP contribution in [0.25, 0.3) is 0 Å². The largest absolute Gasteiger partial charge is 0.494 e. The van der Waals surface area contributed by atoms with Gasteiger partial charge in [0.2, 0.25) is 17.9 Å². The first-order valence-corrected chi connectivity index (χ1v) is 11.7. The Morgan fingerprint density at radius 1 is 1.03 bits per heavy atom. The average molecular weight is 512 g/mol. The van der Waals surface area contributed by atoms with Crippen molar-refractivity contribution in [3.8, 4) is 11.5 Å². The molecule has 0 aliphatic rings. The number of para-hydroxylation sites is 1. The number of isocyanates is 1. The van der Waals surface area contributed by atoms with Gasteiger partial charge in [-0.2, -0.15) is 4.99 Å². The van der Waals surface area contributed by atoms with E-state index in [1.165, 1.54) is 26.2 Å². The zero-order valence-corrected chi connectivity index (χ0v) is 21.8. The van der Waals surface area contributed by atoms with Crippen molar-refractivity contribution in [2.24, 2.45) is 4.99 Å². The van der Waals surface area contributed by atoms with Gasteiger partial charge in [-0.3, -0.25) is 25.2 Å². The van der Waals surface area contributed by atoms with Gasteiger partial charge in [0.05, 0.1) is 19.3 Å². The number of rotatable bonds is 12. The van der Waals surface area contributed by atoms with E-state index in [0.717, 1.165) is 17.0 Å². The maximum Gasteiger partial charge on any atom is 0.279 e. The fourth-order valence-electron chi connectivity index (χ4n) is 3.49. The second-order valence-corrected chi connectivity index (χ2v) is 8.43. The van der Waals surface area contributed by atoms with E-state index in [2.05, 4.69) is 15.8 Å². The van der Waals surface area contributed by atoms with Crippen molar-refractivity contribution >= 4 is 35.2 Å². The summed E-state index contributed by atoms with van der Waals surface area (Å²) < 4.78 is 11.2. The third-order valence-electron chi connectivity index (χ3n) is 5.09. The van der Waals surface area contributed by atoms with Crippen molar-refractivity contribution in [2.75, 3.05) is 32.8 Å². The summed E-state index contributed by atoms with van der Waals surface area (Å²) in [4.78, 5) is 52.1. The molecule has 11 nitrogen and oxygen atoms in total. The smallest absolute Gasteiger partial charge is 0.279 e. The number of hydrogen-bond donors (Lipinski definition) is 2. The molecule has 0 aliphatic carbocycles. The van der Waals surface area contributed by atoms with Gasteiger partial charge in [0, 0.05) is 27.4 Å². The molecule has 2 rings (SSSR count). The molecule has 37 heavy (non-hydrogen) atoms. The number of carbonyl (C=O) groups excluding carboxylic acids is 4. The van der Waals surface area contributed by atoms with Gasteiger partial charge in [-0.15, -0.1) is 0 Å². The molecule has 0 bridgehead atoms. The Morgan fingerprint density at radius 2 is 1.78 bits per heavy atom. The van der Waals surface area contributed by atoms with E-state index in [1.54, 1.807) is 49.4 Å². The maximum atomic E-state index is 13.6. The Morgan fingerprint density at radius 3 is 2.43 bits per heavy atom. The number of aryl methyl sites for hydroxylation is 1. The summed E-state index contributed by atoms with van der Waals surface area (Å²) in [5, 5.41) is 2.66. The molecule has 2 aromatic rings. The number of nitrogens with one attached hydrogen (secondary N) is 2. The number of hydrogen-bond acceptors (Lipinski definition) is 8. The molecular weight excluding hydrogens is 478 g/mol. The molecule has 198 valence electrons. The molecule has 0 saturated heterocycles. The van der Waals surface area contributed by atoms with Crippen LogP contribution in [-0.2, 0) is 14.4 Å². The second-order valence-electron chi connectivity index (χ2n) is 8.43. The summed E-state index contributed by atoms with van der Waals surface area (Å²) in [7, 11) is 4.90. The highest BCUT2D eigenvalue weighted by Crippen LogP contribution is 2.35. The number of benzene rings is 2. The Labute approximate surface area is 216 Å². The molecule has 0 unspecified atom stereocenters. The molecule has 0 aromatic heterocycles. The quantitative estimate of drug-likeness (QED) is 0.194. The minimum Gasteiger partial charge on any atom is -0.494 e. The fraction of sp³-hybridized carbons (Fsp3) is 0.385. The van der Waals surface area contributed by atoms with Crippen LogP contribution in [-0.4, -0.2) is 56.6 Å². The minimum absolute atomic E-state index is 0.00626. The monoisotopic (exact) mass is 511 g/mol. The van der Waals surface area contributed by atoms with E-state index in [0.29, 0.717) is 37.3 Å². The standard InChI is InChI=1S/C26H33N5O6/c1-18-13-14-21(23(16-18)37-15-8-6-7-12-24(34)29-30(3)4)31(28-19(2)33)26(35)20-10-9-11-22(36-5)25(20)27-17-32/h9-11,13-14,16H,6-8,12,15H2,1-5H3,(H,28,33)(H,29,34). The first-order chi connectivity index (χ1) is 17.7. The van der Waals surface area contributed by atoms with Gasteiger partial charge in [0.15, 0.2) is 0 Å². The molecule has 0 atom stereocenters. The zero-order valence-electron chi connectivity index (χ0n) is 21.8. The summed E-state index contributed by atoms with van der Waals surface area (Å²) >= 11 is 0. The molecule has 11 heteroatoms. The van der Waals surface area contributed by atoms with Gasteiger partial charge < -0.3 is 9.47 Å². The van der Waals surface area contributed by atoms with Gasteiger partial charge in [-0.25, -0.2) is 14.8 Å². The predicted octanol–water partition coefficient (Wildman–Crippen LogP) is 3.20. The van der Waals surface area contributed by atoms with Gasteiger partial charge in [0.25, 0.3) is 5.91 Å². The lowest BCUT2D eigenvalue weighted by molar-refractivity contribution is -0.125. The van der Waals surface area contributed by atoms with Crippen LogP contribution in [0.3, 0.4) is 0 Å². The fourth-order valence-corrected chi connectivity index (χ4v) is 3.49. The summed E-state index contributed by atoms with van der Waals surface area (Å²) in [6, 6.07) is 9.80. The number of amides is 3. The van der Waals surface area contributed by atoms with Crippen molar-refractivity contribution in [3.63, 3.8) is 0 Å². The zero-order chi connectivity index (χ0) is 27.4. The Bertz CT molecular complexity index is 1160. The molecule has 0 saturated carbocycles. The highest BCUT2D eigenvalue weighted by Gasteiger charge is 2.26. The van der Waals surface area contributed by atoms with Crippen LogP contribution in [0.2, 0.25) is 0 Å². The number of methoxy groups -OCH3 is 1. The molecule has 2 N–H and O–H groups in total. The van der Waals surface area contributed by atoms with Crippen LogP contribution in [0.5, 0.6) is 11.5 Å². The number of hydrazine groups is 2. The van der Waals surface area contributed by atoms with Crippen molar-refractivity contribution in [2.45, 2.75) is 39.5 Å². The third-order valence-corrected chi connectivity index (χ3v) is 5.09. The molecule has 0 fully saturated rings. The number of ether oxygens (including phenoxy) is 2. The summed E-state index contributed by atoms with van der Waals surface area (Å²) in [5.41, 5.74) is 6.45. The summed E-state index contributed by atoms with van der Waals surface area (Å²) in [5.74, 6) is -0.595. The Kier molecular flexibility index (Phi) is 11.3. The highest BCUT2D eigenvalue weighted by atomic mass is 16.5. The lowest BCUT2D eigenvalue weighted by Crippen LogP contribution is -2.46. The van der Waals surface area contributed by atoms with E-state index in [9.17, 15) is 19.2 Å². The average Bonchev–Trinajstić information content (AvgIpc) is 2.84. The van der Waals surface area contributed by atoms with Crippen LogP contribution in [0.1, 0.15) is 48.5 Å². The number of aliphatic imine (C=N–C) groups is 1. The molecule has 0 heterocycles. The number of nitrogens with zero attached hydrogens (tertiary/aromatic N) is 3. The number of carbonyl (C=O) groups is 3. The highest BCUT2D eigenvalue weighted by molar-refractivity contribution is 6.11. The van der Waals surface area contributed by atoms with Crippen molar-refractivity contribution in [1.29, 1.82) is 0 Å². The summed E-state index contributed by atoms with van der Waals surface area (Å²) in [6.07, 6.45) is 4.01. The molecule has 0 aliphatic heterocycles. The number of anilines is 1. The molecule has 0 radical (unpaired) electrons. The normalized spacial score (nSPS) is 10.3. The number of unbranched alkanes of at least 4 members (excludes halogenated alkanes) is 2. The van der Waals surface area contributed by atoms with Gasteiger partial charge in [0.1, 0.15) is 22.9 Å². The SMILES string of the molecule is COc1cccc(C(=O)N(NC(C)=O)c2ccc(C)cc2OCCCCCC(=O)NN(C)C)c1N=C=O. The van der Waals surface area contributed by atoms with Crippen LogP contribution in [0, 0.1) is 6.92 Å². The maximum absolute atomic E-state index is 13.6. The van der Waals surface area contributed by atoms with E-state index >= 15 is 0 Å². The van der Waals surface area contributed by atoms with Crippen molar-refractivity contribution in [1.82, 2.24) is 15.9 Å². The van der Waals surface area contributed by atoms with Crippen molar-refractivity contribution in [3.05, 3.63) is 47.5 Å². The van der Waals surface area contributed by atoms with Crippen LogP contribution < -0.4 is 25.3 Å². The van der Waals surface area contributed by atoms with E-state index in [4.69, 9.17) is 9.47 Å². The first kappa shape index (κ1) is 29.0. The third kappa shape index (κ3) is 8.75. The van der Waals surface area contributed by atoms with E-state index in [-0.39, 0.29) is 22.9 Å². The molecule has 3 amide bonds. The van der Waals surface area contributed by atoms with Crippen LogP contribution in [0.4, 0.5) is 11.4 Å². The Hall–Kier alpha value is -4.21. The lowest BCUT2D eigenvalue weighted by Gasteiger charge is -2.26. The first-order valence-electron chi connectivity index (χ1n) is 11.7. The molecule has 0 spiro atoms. The second kappa shape index (κ2) is 14.4. The molecular formula is C26H33N5O6. The predicted molar refractivity (Wildman–Crippen MR) is 138 cm³/mol. The van der Waals surface area contributed by atoms with Crippen LogP contribution >= 0.6 is 0 Å². The van der Waals surface area contributed by atoms with Crippen LogP contribution in [0.15, 0.2) is 41.4 Å². The summed E-state index contributed by atoms with van der Waals surface area (Å²) in [6.45, 7) is 3.49. The van der Waals surface area contributed by atoms with Gasteiger partial charge in [-0.1, -0.05) is 12.1 Å². The van der Waals surface area contributed by atoms with E-state index < -0.39 is 11.8 Å². The lowest BCUT2D eigenvalue weighted by atomic mass is 10.1. The topological polar surface area (TPSA) is 130 Å². The minimum atomic E-state index is -0.649. The van der Waals surface area contributed by atoms with Gasteiger partial charge >= 0.3 is 0 Å². The molecule has 2 aromatic carbocycles. The van der Waals surface area contributed by atoms with Gasteiger partial charge in [-0.05, 0) is 56.0 Å². The van der Waals surface area contributed by atoms with Crippen molar-refractivity contribution < 1.29 is 28.7 Å². The Balaban J connectivity index is 2.25.